The van der Waals surface area contributed by atoms with Gasteiger partial charge in [-0.15, -0.1) is 0 Å². The molecule has 3 rings (SSSR count). The zero-order valence-corrected chi connectivity index (χ0v) is 13.4. The lowest BCUT2D eigenvalue weighted by atomic mass is 10.00. The van der Waals surface area contributed by atoms with Gasteiger partial charge < -0.3 is 4.90 Å². The number of nitrogens with zero attached hydrogens (tertiary/aromatic N) is 2. The van der Waals surface area contributed by atoms with Gasteiger partial charge in [-0.2, -0.15) is 0 Å². The number of benzodiazepines with no additional fused rings is 1. The molecule has 0 fully saturated rings. The third kappa shape index (κ3) is 2.64. The highest BCUT2D eigenvalue weighted by Crippen LogP contribution is 2.30. The van der Waals surface area contributed by atoms with Crippen molar-refractivity contribution in [2.45, 2.75) is 19.9 Å². The van der Waals surface area contributed by atoms with Crippen LogP contribution in [0.3, 0.4) is 0 Å². The molecule has 0 radical (unpaired) electrons. The van der Waals surface area contributed by atoms with Crippen molar-refractivity contribution in [3.05, 3.63) is 64.7 Å². The first-order valence-corrected chi connectivity index (χ1v) is 7.72. The number of hydrogen-bond donors (Lipinski definition) is 1. The monoisotopic (exact) mass is 311 g/mol. The van der Waals surface area contributed by atoms with E-state index in [1.165, 1.54) is 0 Å². The SMILES string of the molecule is CC(C)N1C(=N)CN=C(c2ccccc2)c2cc(Cl)ccc21. The van der Waals surface area contributed by atoms with Crippen LogP contribution in [0.1, 0.15) is 25.0 Å². The minimum absolute atomic E-state index is 0.192. The van der Waals surface area contributed by atoms with Crippen molar-refractivity contribution < 1.29 is 0 Å². The van der Waals surface area contributed by atoms with Crippen LogP contribution in [-0.2, 0) is 0 Å². The highest BCUT2D eigenvalue weighted by molar-refractivity contribution is 6.32. The van der Waals surface area contributed by atoms with Gasteiger partial charge in [-0.3, -0.25) is 10.4 Å². The zero-order chi connectivity index (χ0) is 15.7. The van der Waals surface area contributed by atoms with Crippen LogP contribution in [0.15, 0.2) is 53.5 Å². The Kier molecular flexibility index (Phi) is 3.99. The summed E-state index contributed by atoms with van der Waals surface area (Å²) in [6.45, 7) is 4.54. The minimum Gasteiger partial charge on any atom is -0.326 e. The van der Waals surface area contributed by atoms with Crippen molar-refractivity contribution in [1.82, 2.24) is 0 Å². The number of anilines is 1. The second-order valence-corrected chi connectivity index (χ2v) is 6.04. The fourth-order valence-corrected chi connectivity index (χ4v) is 2.97. The van der Waals surface area contributed by atoms with Crippen LogP contribution >= 0.6 is 11.6 Å². The van der Waals surface area contributed by atoms with Crippen LogP contribution < -0.4 is 4.90 Å². The summed E-state index contributed by atoms with van der Waals surface area (Å²) in [4.78, 5) is 6.70. The van der Waals surface area contributed by atoms with Gasteiger partial charge in [0.1, 0.15) is 5.84 Å². The highest BCUT2D eigenvalue weighted by Gasteiger charge is 2.24. The quantitative estimate of drug-likeness (QED) is 0.878. The molecule has 0 aliphatic carbocycles. The molecular formula is C18H18ClN3. The number of aliphatic imine (C=N–C) groups is 1. The average molecular weight is 312 g/mol. The van der Waals surface area contributed by atoms with E-state index in [9.17, 15) is 0 Å². The first kappa shape index (κ1) is 14.8. The standard InChI is InChI=1S/C18H18ClN3/c1-12(2)22-16-9-8-14(19)10-15(16)18(21-11-17(22)20)13-6-4-3-5-7-13/h3-10,12,20H,11H2,1-2H3. The number of benzene rings is 2. The summed E-state index contributed by atoms with van der Waals surface area (Å²) < 4.78 is 0. The molecule has 0 aromatic heterocycles. The molecule has 0 amide bonds. The molecule has 0 unspecified atom stereocenters. The van der Waals surface area contributed by atoms with E-state index in [0.717, 1.165) is 22.5 Å². The molecule has 0 atom stereocenters. The number of nitrogens with one attached hydrogen (secondary N) is 1. The van der Waals surface area contributed by atoms with Gasteiger partial charge in [0.15, 0.2) is 0 Å². The van der Waals surface area contributed by atoms with Crippen LogP contribution in [-0.4, -0.2) is 24.1 Å². The van der Waals surface area contributed by atoms with E-state index in [0.29, 0.717) is 17.4 Å². The van der Waals surface area contributed by atoms with Crippen molar-refractivity contribution in [3.8, 4) is 0 Å². The number of halogens is 1. The Morgan fingerprint density at radius 1 is 1.14 bits per heavy atom. The van der Waals surface area contributed by atoms with Crippen LogP contribution in [0.5, 0.6) is 0 Å². The molecule has 4 heteroatoms. The third-order valence-corrected chi connectivity index (χ3v) is 3.95. The Hall–Kier alpha value is -2.13. The predicted octanol–water partition coefficient (Wildman–Crippen LogP) is 4.38. The lowest BCUT2D eigenvalue weighted by Crippen LogP contribution is -2.37. The molecule has 0 saturated heterocycles. The zero-order valence-electron chi connectivity index (χ0n) is 12.7. The van der Waals surface area contributed by atoms with Gasteiger partial charge in [0.2, 0.25) is 0 Å². The summed E-state index contributed by atoms with van der Waals surface area (Å²) in [6, 6.07) is 16.1. The molecule has 0 bridgehead atoms. The van der Waals surface area contributed by atoms with Crippen molar-refractivity contribution in [2.24, 2.45) is 4.99 Å². The second-order valence-electron chi connectivity index (χ2n) is 5.60. The number of amidine groups is 1. The third-order valence-electron chi connectivity index (χ3n) is 3.71. The van der Waals surface area contributed by atoms with Crippen molar-refractivity contribution in [1.29, 1.82) is 5.41 Å². The topological polar surface area (TPSA) is 39.5 Å². The summed E-state index contributed by atoms with van der Waals surface area (Å²) in [5, 5.41) is 9.02. The normalized spacial score (nSPS) is 14.6. The molecule has 1 aliphatic heterocycles. The molecule has 22 heavy (non-hydrogen) atoms. The van der Waals surface area contributed by atoms with Gasteiger partial charge in [-0.25, -0.2) is 0 Å². The number of hydrogen-bond acceptors (Lipinski definition) is 2. The van der Waals surface area contributed by atoms with Crippen LogP contribution in [0.4, 0.5) is 5.69 Å². The molecular weight excluding hydrogens is 294 g/mol. The van der Waals surface area contributed by atoms with Gasteiger partial charge in [0, 0.05) is 22.2 Å². The fourth-order valence-electron chi connectivity index (χ4n) is 2.80. The van der Waals surface area contributed by atoms with Gasteiger partial charge in [-0.1, -0.05) is 41.9 Å². The summed E-state index contributed by atoms with van der Waals surface area (Å²) in [7, 11) is 0. The van der Waals surface area contributed by atoms with Crippen molar-refractivity contribution >= 4 is 28.8 Å². The molecule has 1 heterocycles. The largest absolute Gasteiger partial charge is 0.326 e. The van der Waals surface area contributed by atoms with Gasteiger partial charge in [-0.05, 0) is 32.0 Å². The minimum atomic E-state index is 0.192. The van der Waals surface area contributed by atoms with Crippen molar-refractivity contribution in [3.63, 3.8) is 0 Å². The van der Waals surface area contributed by atoms with E-state index in [2.05, 4.69) is 18.8 Å². The second kappa shape index (κ2) is 5.93. The van der Waals surface area contributed by atoms with Crippen LogP contribution in [0.2, 0.25) is 5.02 Å². The average Bonchev–Trinajstić information content (AvgIpc) is 2.64. The molecule has 0 spiro atoms. The first-order valence-electron chi connectivity index (χ1n) is 7.34. The van der Waals surface area contributed by atoms with Gasteiger partial charge in [0.25, 0.3) is 0 Å². The summed E-state index contributed by atoms with van der Waals surface area (Å²) in [6.07, 6.45) is 0. The number of fused-ring (bicyclic) bond motifs is 1. The molecule has 3 nitrogen and oxygen atoms in total. The van der Waals surface area contributed by atoms with Crippen molar-refractivity contribution in [2.75, 3.05) is 11.4 Å². The molecule has 0 saturated carbocycles. The first-order chi connectivity index (χ1) is 10.6. The Morgan fingerprint density at radius 3 is 2.55 bits per heavy atom. The Balaban J connectivity index is 2.23. The smallest absolute Gasteiger partial charge is 0.123 e. The Labute approximate surface area is 135 Å². The van der Waals surface area contributed by atoms with Gasteiger partial charge in [0.05, 0.1) is 17.9 Å². The van der Waals surface area contributed by atoms with E-state index in [-0.39, 0.29) is 6.04 Å². The van der Waals surface area contributed by atoms with E-state index in [1.807, 2.05) is 53.4 Å². The molecule has 2 aromatic carbocycles. The van der Waals surface area contributed by atoms with E-state index in [4.69, 9.17) is 17.0 Å². The van der Waals surface area contributed by atoms with E-state index >= 15 is 0 Å². The van der Waals surface area contributed by atoms with Crippen LogP contribution in [0.25, 0.3) is 0 Å². The summed E-state index contributed by atoms with van der Waals surface area (Å²) in [5.74, 6) is 0.504. The lowest BCUT2D eigenvalue weighted by Gasteiger charge is -2.29. The van der Waals surface area contributed by atoms with E-state index in [1.54, 1.807) is 0 Å². The van der Waals surface area contributed by atoms with Gasteiger partial charge >= 0.3 is 0 Å². The molecule has 1 aliphatic rings. The maximum Gasteiger partial charge on any atom is 0.123 e. The summed E-state index contributed by atoms with van der Waals surface area (Å²) in [5.41, 5.74) is 3.91. The Morgan fingerprint density at radius 2 is 1.86 bits per heavy atom. The van der Waals surface area contributed by atoms with Crippen LogP contribution in [0, 0.1) is 5.41 Å². The lowest BCUT2D eigenvalue weighted by molar-refractivity contribution is 0.798. The maximum absolute atomic E-state index is 8.34. The highest BCUT2D eigenvalue weighted by atomic mass is 35.5. The maximum atomic E-state index is 8.34. The number of rotatable bonds is 2. The molecule has 2 aromatic rings. The fraction of sp³-hybridized carbons (Fsp3) is 0.222. The summed E-state index contributed by atoms with van der Waals surface area (Å²) >= 11 is 6.22. The molecule has 112 valence electrons. The van der Waals surface area contributed by atoms with E-state index < -0.39 is 0 Å². The molecule has 1 N–H and O–H groups in total. The Bertz CT molecular complexity index is 735. The predicted molar refractivity (Wildman–Crippen MR) is 93.7 cm³/mol.